The van der Waals surface area contributed by atoms with Crippen LogP contribution in [0.25, 0.3) is 0 Å². The summed E-state index contributed by atoms with van der Waals surface area (Å²) >= 11 is 0. The van der Waals surface area contributed by atoms with E-state index >= 15 is 0 Å². The lowest BCUT2D eigenvalue weighted by atomic mass is 10.1. The lowest BCUT2D eigenvalue weighted by Gasteiger charge is -2.04. The van der Waals surface area contributed by atoms with Crippen molar-refractivity contribution < 1.29 is 0 Å². The van der Waals surface area contributed by atoms with Crippen LogP contribution in [-0.2, 0) is 0 Å². The fraction of sp³-hybridized carbons (Fsp3) is 0.818. The van der Waals surface area contributed by atoms with Gasteiger partial charge < -0.3 is 5.73 Å². The van der Waals surface area contributed by atoms with E-state index in [2.05, 4.69) is 13.5 Å². The van der Waals surface area contributed by atoms with Crippen molar-refractivity contribution in [3.05, 3.63) is 12.7 Å². The van der Waals surface area contributed by atoms with Crippen LogP contribution < -0.4 is 5.73 Å². The molecule has 0 aliphatic carbocycles. The molecule has 0 fully saturated rings. The maximum absolute atomic E-state index is 5.70. The molecule has 12 heavy (non-hydrogen) atoms. The first kappa shape index (κ1) is 11.7. The predicted molar refractivity (Wildman–Crippen MR) is 56.2 cm³/mol. The standard InChI is InChI=1S/C11H23N/c1-3-5-6-7-8-9-10-11(12)4-2/h4,11H,2-3,5-10,12H2,1H3/t11-/m1/s1. The Morgan fingerprint density at radius 3 is 2.33 bits per heavy atom. The smallest absolute Gasteiger partial charge is 0.0221 e. The molecule has 0 spiro atoms. The van der Waals surface area contributed by atoms with E-state index in [1.807, 2.05) is 6.08 Å². The van der Waals surface area contributed by atoms with Gasteiger partial charge in [0.05, 0.1) is 0 Å². The molecule has 72 valence electrons. The monoisotopic (exact) mass is 169 g/mol. The lowest BCUT2D eigenvalue weighted by Crippen LogP contribution is -2.15. The van der Waals surface area contributed by atoms with E-state index in [0.717, 1.165) is 6.42 Å². The zero-order chi connectivity index (χ0) is 9.23. The number of hydrogen-bond donors (Lipinski definition) is 1. The molecule has 0 aliphatic heterocycles. The highest BCUT2D eigenvalue weighted by Crippen LogP contribution is 2.07. The molecule has 0 saturated heterocycles. The molecule has 0 aliphatic rings. The van der Waals surface area contributed by atoms with E-state index < -0.39 is 0 Å². The molecule has 0 rings (SSSR count). The molecule has 0 aromatic rings. The highest BCUT2D eigenvalue weighted by Gasteiger charge is 1.95. The van der Waals surface area contributed by atoms with Gasteiger partial charge in [-0.3, -0.25) is 0 Å². The zero-order valence-corrected chi connectivity index (χ0v) is 8.39. The number of unbranched alkanes of at least 4 members (excludes halogenated alkanes) is 5. The van der Waals surface area contributed by atoms with Crippen molar-refractivity contribution in [1.29, 1.82) is 0 Å². The lowest BCUT2D eigenvalue weighted by molar-refractivity contribution is 0.571. The Morgan fingerprint density at radius 2 is 1.75 bits per heavy atom. The van der Waals surface area contributed by atoms with Gasteiger partial charge in [0.2, 0.25) is 0 Å². The van der Waals surface area contributed by atoms with Gasteiger partial charge >= 0.3 is 0 Å². The predicted octanol–water partition coefficient (Wildman–Crippen LogP) is 3.25. The van der Waals surface area contributed by atoms with Gasteiger partial charge in [0, 0.05) is 6.04 Å². The zero-order valence-electron chi connectivity index (χ0n) is 8.39. The van der Waals surface area contributed by atoms with Crippen LogP contribution >= 0.6 is 0 Å². The second-order valence-corrected chi connectivity index (χ2v) is 3.46. The minimum Gasteiger partial charge on any atom is -0.324 e. The Kier molecular flexibility index (Phi) is 8.57. The molecule has 0 heterocycles. The van der Waals surface area contributed by atoms with Crippen LogP contribution in [0.15, 0.2) is 12.7 Å². The first-order valence-corrected chi connectivity index (χ1v) is 5.19. The van der Waals surface area contributed by atoms with Gasteiger partial charge in [-0.05, 0) is 6.42 Å². The minimum absolute atomic E-state index is 0.219. The van der Waals surface area contributed by atoms with E-state index in [-0.39, 0.29) is 6.04 Å². The molecule has 0 radical (unpaired) electrons. The number of nitrogens with two attached hydrogens (primary N) is 1. The van der Waals surface area contributed by atoms with Crippen LogP contribution in [0.2, 0.25) is 0 Å². The van der Waals surface area contributed by atoms with Crippen LogP contribution in [0.3, 0.4) is 0 Å². The van der Waals surface area contributed by atoms with E-state index in [0.29, 0.717) is 0 Å². The quantitative estimate of drug-likeness (QED) is 0.438. The minimum atomic E-state index is 0.219. The summed E-state index contributed by atoms with van der Waals surface area (Å²) in [5.74, 6) is 0. The number of hydrogen-bond acceptors (Lipinski definition) is 1. The molecule has 1 nitrogen and oxygen atoms in total. The van der Waals surface area contributed by atoms with Crippen molar-refractivity contribution >= 4 is 0 Å². The fourth-order valence-electron chi connectivity index (χ4n) is 1.28. The van der Waals surface area contributed by atoms with Gasteiger partial charge in [-0.25, -0.2) is 0 Å². The van der Waals surface area contributed by atoms with Gasteiger partial charge in [0.15, 0.2) is 0 Å². The van der Waals surface area contributed by atoms with Gasteiger partial charge in [0.25, 0.3) is 0 Å². The maximum Gasteiger partial charge on any atom is 0.0221 e. The third-order valence-corrected chi connectivity index (χ3v) is 2.19. The molecule has 0 bridgehead atoms. The summed E-state index contributed by atoms with van der Waals surface area (Å²) in [6.07, 6.45) is 11.0. The Balaban J connectivity index is 2.95. The first-order chi connectivity index (χ1) is 5.81. The maximum atomic E-state index is 5.70. The van der Waals surface area contributed by atoms with Gasteiger partial charge in [-0.2, -0.15) is 0 Å². The van der Waals surface area contributed by atoms with Crippen LogP contribution in [0, 0.1) is 0 Å². The summed E-state index contributed by atoms with van der Waals surface area (Å²) in [6.45, 7) is 5.91. The highest BCUT2D eigenvalue weighted by molar-refractivity contribution is 4.81. The Morgan fingerprint density at radius 1 is 1.17 bits per heavy atom. The number of rotatable bonds is 8. The second kappa shape index (κ2) is 8.79. The van der Waals surface area contributed by atoms with Crippen molar-refractivity contribution in [1.82, 2.24) is 0 Å². The fourth-order valence-corrected chi connectivity index (χ4v) is 1.28. The average Bonchev–Trinajstić information content (AvgIpc) is 2.10. The highest BCUT2D eigenvalue weighted by atomic mass is 14.6. The largest absolute Gasteiger partial charge is 0.324 e. The summed E-state index contributed by atoms with van der Waals surface area (Å²) in [5, 5.41) is 0. The van der Waals surface area contributed by atoms with E-state index in [4.69, 9.17) is 5.73 Å². The van der Waals surface area contributed by atoms with Gasteiger partial charge in [-0.1, -0.05) is 51.5 Å². The average molecular weight is 169 g/mol. The molecular weight excluding hydrogens is 146 g/mol. The van der Waals surface area contributed by atoms with Crippen molar-refractivity contribution in [2.45, 2.75) is 57.9 Å². The van der Waals surface area contributed by atoms with Crippen molar-refractivity contribution in [3.8, 4) is 0 Å². The van der Waals surface area contributed by atoms with E-state index in [1.165, 1.54) is 38.5 Å². The Labute approximate surface area is 77.0 Å². The summed E-state index contributed by atoms with van der Waals surface area (Å²) in [5.41, 5.74) is 5.70. The third-order valence-electron chi connectivity index (χ3n) is 2.19. The summed E-state index contributed by atoms with van der Waals surface area (Å²) in [6, 6.07) is 0.219. The molecule has 0 aromatic carbocycles. The summed E-state index contributed by atoms with van der Waals surface area (Å²) in [4.78, 5) is 0. The van der Waals surface area contributed by atoms with Gasteiger partial charge in [0.1, 0.15) is 0 Å². The van der Waals surface area contributed by atoms with E-state index in [1.54, 1.807) is 0 Å². The van der Waals surface area contributed by atoms with Crippen LogP contribution in [-0.4, -0.2) is 6.04 Å². The normalized spacial score (nSPS) is 12.8. The molecule has 1 atom stereocenters. The van der Waals surface area contributed by atoms with Crippen LogP contribution in [0.5, 0.6) is 0 Å². The molecule has 1 heteroatoms. The first-order valence-electron chi connectivity index (χ1n) is 5.19. The molecular formula is C11H23N. The molecule has 0 aromatic heterocycles. The Bertz CT molecular complexity index is 99.2. The third kappa shape index (κ3) is 7.80. The van der Waals surface area contributed by atoms with Crippen LogP contribution in [0.4, 0.5) is 0 Å². The molecule has 0 amide bonds. The van der Waals surface area contributed by atoms with Crippen LogP contribution in [0.1, 0.15) is 51.9 Å². The second-order valence-electron chi connectivity index (χ2n) is 3.46. The molecule has 2 N–H and O–H groups in total. The van der Waals surface area contributed by atoms with E-state index in [9.17, 15) is 0 Å². The molecule has 0 unspecified atom stereocenters. The SMILES string of the molecule is C=C[C@@H](N)CCCCCCCC. The topological polar surface area (TPSA) is 26.0 Å². The van der Waals surface area contributed by atoms with Gasteiger partial charge in [-0.15, -0.1) is 6.58 Å². The van der Waals surface area contributed by atoms with Crippen molar-refractivity contribution in [3.63, 3.8) is 0 Å². The van der Waals surface area contributed by atoms with Crippen molar-refractivity contribution in [2.24, 2.45) is 5.73 Å². The molecule has 0 saturated carbocycles. The summed E-state index contributed by atoms with van der Waals surface area (Å²) in [7, 11) is 0. The Hall–Kier alpha value is -0.300. The summed E-state index contributed by atoms with van der Waals surface area (Å²) < 4.78 is 0. The van der Waals surface area contributed by atoms with Crippen molar-refractivity contribution in [2.75, 3.05) is 0 Å².